The summed E-state index contributed by atoms with van der Waals surface area (Å²) in [6.07, 6.45) is 8.97. The van der Waals surface area contributed by atoms with Crippen LogP contribution in [0.3, 0.4) is 0 Å². The molecule has 34 heavy (non-hydrogen) atoms. The molecule has 0 aromatic carbocycles. The summed E-state index contributed by atoms with van der Waals surface area (Å²) in [4.78, 5) is 38.9. The van der Waals surface area contributed by atoms with Gasteiger partial charge in [-0.05, 0) is 67.2 Å². The van der Waals surface area contributed by atoms with E-state index in [0.29, 0.717) is 6.42 Å². The van der Waals surface area contributed by atoms with Gasteiger partial charge in [0.05, 0.1) is 18.4 Å². The quantitative estimate of drug-likeness (QED) is 0.517. The number of furan rings is 1. The van der Waals surface area contributed by atoms with Crippen LogP contribution in [-0.4, -0.2) is 23.6 Å². The number of carbonyl (C=O) groups is 3. The van der Waals surface area contributed by atoms with Gasteiger partial charge in [0, 0.05) is 28.7 Å². The highest BCUT2D eigenvalue weighted by Gasteiger charge is 2.70. The first-order chi connectivity index (χ1) is 15.8. The molecule has 2 fully saturated rings. The second kappa shape index (κ2) is 7.05. The van der Waals surface area contributed by atoms with Gasteiger partial charge in [0.15, 0.2) is 11.6 Å². The van der Waals surface area contributed by atoms with Gasteiger partial charge in [-0.1, -0.05) is 40.2 Å². The number of allylic oxidation sites excluding steroid dienone is 3. The number of carbonyl (C=O) groups excluding carboxylic acids is 3. The van der Waals surface area contributed by atoms with Crippen molar-refractivity contribution < 1.29 is 23.5 Å². The Morgan fingerprint density at radius 1 is 1.06 bits per heavy atom. The van der Waals surface area contributed by atoms with E-state index in [2.05, 4.69) is 27.7 Å². The minimum atomic E-state index is -0.548. The molecule has 0 bridgehead atoms. The Balaban J connectivity index is 1.71. The summed E-state index contributed by atoms with van der Waals surface area (Å²) in [5.41, 5.74) is 1.45. The Morgan fingerprint density at radius 2 is 1.76 bits per heavy atom. The Bertz CT molecular complexity index is 1140. The Morgan fingerprint density at radius 3 is 2.38 bits per heavy atom. The summed E-state index contributed by atoms with van der Waals surface area (Å²) in [5.74, 6) is -0.170. The maximum absolute atomic E-state index is 13.5. The highest BCUT2D eigenvalue weighted by Crippen LogP contribution is 2.73. The molecule has 1 aromatic rings. The zero-order chi connectivity index (χ0) is 24.8. The zero-order valence-electron chi connectivity index (χ0n) is 21.4. The number of rotatable bonds is 2. The van der Waals surface area contributed by atoms with Crippen molar-refractivity contribution in [2.45, 2.75) is 79.8 Å². The molecule has 5 nitrogen and oxygen atoms in total. The SMILES string of the molecule is CC(=O)OC1CC2C(C)(C)C(=O)C=C(C)C2(C)C2CCC3(C)C(=CC(=O)C3c3ccoc3)C12C. The average Bonchev–Trinajstić information content (AvgIpc) is 3.34. The molecule has 0 spiro atoms. The number of hydrogen-bond acceptors (Lipinski definition) is 5. The van der Waals surface area contributed by atoms with Gasteiger partial charge in [0.25, 0.3) is 0 Å². The molecular formula is C29H36O5. The largest absolute Gasteiger partial charge is 0.472 e. The second-order valence-corrected chi connectivity index (χ2v) is 12.3. The minimum absolute atomic E-state index is 0.0478. The predicted octanol–water partition coefficient (Wildman–Crippen LogP) is 5.81. The molecule has 4 aliphatic carbocycles. The van der Waals surface area contributed by atoms with Crippen molar-refractivity contribution in [2.24, 2.45) is 33.5 Å². The number of esters is 1. The van der Waals surface area contributed by atoms with Crippen LogP contribution in [-0.2, 0) is 19.1 Å². The van der Waals surface area contributed by atoms with Gasteiger partial charge in [0.1, 0.15) is 6.10 Å². The van der Waals surface area contributed by atoms with Crippen LogP contribution in [0.2, 0.25) is 0 Å². The first kappa shape index (κ1) is 23.3. The summed E-state index contributed by atoms with van der Waals surface area (Å²) >= 11 is 0. The molecule has 0 saturated heterocycles. The first-order valence-corrected chi connectivity index (χ1v) is 12.5. The Labute approximate surface area is 202 Å². The third-order valence-electron chi connectivity index (χ3n) is 10.5. The van der Waals surface area contributed by atoms with Gasteiger partial charge < -0.3 is 9.15 Å². The monoisotopic (exact) mass is 464 g/mol. The predicted molar refractivity (Wildman–Crippen MR) is 128 cm³/mol. The van der Waals surface area contributed by atoms with Crippen LogP contribution in [0.5, 0.6) is 0 Å². The lowest BCUT2D eigenvalue weighted by molar-refractivity contribution is -0.189. The van der Waals surface area contributed by atoms with Gasteiger partial charge >= 0.3 is 5.97 Å². The zero-order valence-corrected chi connectivity index (χ0v) is 21.4. The topological polar surface area (TPSA) is 73.6 Å². The highest BCUT2D eigenvalue weighted by atomic mass is 16.5. The van der Waals surface area contributed by atoms with Crippen LogP contribution < -0.4 is 0 Å². The molecule has 5 rings (SSSR count). The summed E-state index contributed by atoms with van der Waals surface area (Å²) in [6, 6.07) is 1.89. The molecule has 7 unspecified atom stereocenters. The summed E-state index contributed by atoms with van der Waals surface area (Å²) in [6.45, 7) is 14.3. The van der Waals surface area contributed by atoms with E-state index in [9.17, 15) is 14.4 Å². The average molecular weight is 465 g/mol. The fraction of sp³-hybridized carbons (Fsp3) is 0.621. The maximum Gasteiger partial charge on any atom is 0.302 e. The van der Waals surface area contributed by atoms with Crippen LogP contribution in [0, 0.1) is 33.5 Å². The van der Waals surface area contributed by atoms with Crippen molar-refractivity contribution in [3.63, 3.8) is 0 Å². The normalized spacial score (nSPS) is 42.8. The highest BCUT2D eigenvalue weighted by molar-refractivity contribution is 6.01. The van der Waals surface area contributed by atoms with E-state index in [1.807, 2.05) is 32.1 Å². The van der Waals surface area contributed by atoms with Gasteiger partial charge in [-0.15, -0.1) is 0 Å². The molecule has 182 valence electrons. The van der Waals surface area contributed by atoms with Crippen LogP contribution in [0.25, 0.3) is 0 Å². The molecule has 1 heterocycles. The maximum atomic E-state index is 13.5. The lowest BCUT2D eigenvalue weighted by Crippen LogP contribution is -2.65. The van der Waals surface area contributed by atoms with E-state index in [0.717, 1.165) is 29.6 Å². The lowest BCUT2D eigenvalue weighted by atomic mass is 9.37. The van der Waals surface area contributed by atoms with Crippen molar-refractivity contribution in [3.05, 3.63) is 47.5 Å². The molecule has 7 atom stereocenters. The summed E-state index contributed by atoms with van der Waals surface area (Å²) in [7, 11) is 0. The molecule has 0 aliphatic heterocycles. The number of hydrogen-bond donors (Lipinski definition) is 0. The van der Waals surface area contributed by atoms with E-state index < -0.39 is 16.9 Å². The van der Waals surface area contributed by atoms with E-state index in [1.165, 1.54) is 6.92 Å². The minimum Gasteiger partial charge on any atom is -0.472 e. The molecule has 0 radical (unpaired) electrons. The van der Waals surface area contributed by atoms with E-state index in [4.69, 9.17) is 9.15 Å². The fourth-order valence-corrected chi connectivity index (χ4v) is 8.75. The summed E-state index contributed by atoms with van der Waals surface area (Å²) < 4.78 is 11.5. The first-order valence-electron chi connectivity index (χ1n) is 12.5. The van der Waals surface area contributed by atoms with E-state index >= 15 is 0 Å². The van der Waals surface area contributed by atoms with E-state index in [-0.39, 0.29) is 46.1 Å². The lowest BCUT2D eigenvalue weighted by Gasteiger charge is -2.67. The molecule has 2 saturated carbocycles. The summed E-state index contributed by atoms with van der Waals surface area (Å²) in [5, 5.41) is 0. The molecule has 5 heteroatoms. The fourth-order valence-electron chi connectivity index (χ4n) is 8.75. The molecule has 1 aromatic heterocycles. The number of ether oxygens (including phenoxy) is 1. The standard InChI is InChI=1S/C29H36O5/c1-16-12-23(32)26(3,4)21-14-24(34-17(2)30)29(7)20(28(16,21)6)8-10-27(5)22(29)13-19(31)25(27)18-9-11-33-15-18/h9,11-13,15,20-21,24-25H,8,10,14H2,1-7H3. The number of fused-ring (bicyclic) bond motifs is 5. The van der Waals surface area contributed by atoms with Gasteiger partial charge in [-0.3, -0.25) is 14.4 Å². The van der Waals surface area contributed by atoms with Crippen molar-refractivity contribution in [1.29, 1.82) is 0 Å². The van der Waals surface area contributed by atoms with Crippen LogP contribution in [0.1, 0.15) is 79.2 Å². The van der Waals surface area contributed by atoms with Gasteiger partial charge in [-0.25, -0.2) is 0 Å². The van der Waals surface area contributed by atoms with Crippen LogP contribution >= 0.6 is 0 Å². The number of ketones is 2. The third kappa shape index (κ3) is 2.70. The van der Waals surface area contributed by atoms with Crippen molar-refractivity contribution in [2.75, 3.05) is 0 Å². The molecule has 0 N–H and O–H groups in total. The van der Waals surface area contributed by atoms with Crippen LogP contribution in [0.15, 0.2) is 46.3 Å². The second-order valence-electron chi connectivity index (χ2n) is 12.3. The molecule has 0 amide bonds. The van der Waals surface area contributed by atoms with Crippen molar-refractivity contribution in [1.82, 2.24) is 0 Å². The van der Waals surface area contributed by atoms with E-state index in [1.54, 1.807) is 12.5 Å². The van der Waals surface area contributed by atoms with Gasteiger partial charge in [0.2, 0.25) is 0 Å². The third-order valence-corrected chi connectivity index (χ3v) is 10.5. The smallest absolute Gasteiger partial charge is 0.302 e. The van der Waals surface area contributed by atoms with Crippen molar-refractivity contribution >= 4 is 17.5 Å². The Hall–Kier alpha value is -2.43. The molecular weight excluding hydrogens is 428 g/mol. The molecule has 4 aliphatic rings. The van der Waals surface area contributed by atoms with Gasteiger partial charge in [-0.2, -0.15) is 0 Å². The van der Waals surface area contributed by atoms with Crippen molar-refractivity contribution in [3.8, 4) is 0 Å². The van der Waals surface area contributed by atoms with Crippen LogP contribution in [0.4, 0.5) is 0 Å². The Kier molecular flexibility index (Phi) is 4.84.